The van der Waals surface area contributed by atoms with Gasteiger partial charge in [0.2, 0.25) is 0 Å². The van der Waals surface area contributed by atoms with E-state index in [1.165, 1.54) is 17.0 Å². The first kappa shape index (κ1) is 13.4. The Balaban J connectivity index is 1.90. The maximum atomic E-state index is 12.5. The summed E-state index contributed by atoms with van der Waals surface area (Å²) in [7, 11) is 0. The Hall–Kier alpha value is -1.59. The molecule has 0 N–H and O–H groups in total. The van der Waals surface area contributed by atoms with Crippen molar-refractivity contribution in [1.29, 1.82) is 0 Å². The Labute approximate surface area is 122 Å². The topological polar surface area (TPSA) is 0 Å². The fourth-order valence-electron chi connectivity index (χ4n) is 1.87. The average Bonchev–Trinajstić information content (AvgIpc) is 3.09. The Morgan fingerprint density at radius 1 is 0.750 bits per heavy atom. The van der Waals surface area contributed by atoms with E-state index in [-0.39, 0.29) is 0 Å². The second-order valence-electron chi connectivity index (χ2n) is 4.22. The molecular formula is C15H9F3S2. The smallest absolute Gasteiger partial charge is 0.166 e. The summed E-state index contributed by atoms with van der Waals surface area (Å²) >= 11 is 3.24. The predicted octanol–water partition coefficient (Wildman–Crippen LogP) is 6.16. The highest BCUT2D eigenvalue weighted by Gasteiger charge is 2.29. The summed E-state index contributed by atoms with van der Waals surface area (Å²) in [6.45, 7) is 0. The lowest BCUT2D eigenvalue weighted by atomic mass is 10.1. The van der Waals surface area contributed by atoms with Crippen molar-refractivity contribution in [2.75, 3.05) is 0 Å². The van der Waals surface area contributed by atoms with Crippen molar-refractivity contribution in [3.05, 3.63) is 59.5 Å². The van der Waals surface area contributed by atoms with Gasteiger partial charge < -0.3 is 0 Å². The number of thiophene rings is 2. The standard InChI is InChI=1S/C15H9F3S2/c16-15(17,18)11-5-3-10(4-6-11)12-7-8-14(20-12)13-2-1-9-19-13/h1-9H. The zero-order chi connectivity index (χ0) is 14.2. The van der Waals surface area contributed by atoms with Crippen molar-refractivity contribution in [2.45, 2.75) is 6.18 Å². The van der Waals surface area contributed by atoms with Crippen LogP contribution in [0.5, 0.6) is 0 Å². The fourth-order valence-corrected chi connectivity index (χ4v) is 3.71. The summed E-state index contributed by atoms with van der Waals surface area (Å²) in [4.78, 5) is 3.28. The molecule has 3 rings (SSSR count). The number of halogens is 3. The summed E-state index contributed by atoms with van der Waals surface area (Å²) in [5.41, 5.74) is 0.196. The lowest BCUT2D eigenvalue weighted by molar-refractivity contribution is -0.137. The summed E-state index contributed by atoms with van der Waals surface area (Å²) in [5.74, 6) is 0. The monoisotopic (exact) mass is 310 g/mol. The van der Waals surface area contributed by atoms with Crippen LogP contribution >= 0.6 is 22.7 Å². The van der Waals surface area contributed by atoms with E-state index >= 15 is 0 Å². The van der Waals surface area contributed by atoms with E-state index in [4.69, 9.17) is 0 Å². The number of hydrogen-bond acceptors (Lipinski definition) is 2. The van der Waals surface area contributed by atoms with E-state index in [2.05, 4.69) is 0 Å². The summed E-state index contributed by atoms with van der Waals surface area (Å²) < 4.78 is 37.5. The molecule has 0 unspecified atom stereocenters. The van der Waals surface area contributed by atoms with Crippen LogP contribution in [-0.4, -0.2) is 0 Å². The molecule has 0 radical (unpaired) electrons. The van der Waals surface area contributed by atoms with Gasteiger partial charge in [-0.1, -0.05) is 18.2 Å². The molecule has 1 aromatic carbocycles. The SMILES string of the molecule is FC(F)(F)c1ccc(-c2ccc(-c3cccs3)s2)cc1. The van der Waals surface area contributed by atoms with Gasteiger partial charge in [-0.25, -0.2) is 0 Å². The third-order valence-corrected chi connectivity index (χ3v) is 5.07. The van der Waals surface area contributed by atoms with Gasteiger partial charge in [-0.2, -0.15) is 13.2 Å². The van der Waals surface area contributed by atoms with Crippen LogP contribution in [0.25, 0.3) is 20.2 Å². The minimum Gasteiger partial charge on any atom is -0.166 e. The minimum atomic E-state index is -4.28. The molecule has 0 nitrogen and oxygen atoms in total. The van der Waals surface area contributed by atoms with Crippen molar-refractivity contribution >= 4 is 22.7 Å². The summed E-state index contributed by atoms with van der Waals surface area (Å²) in [5, 5.41) is 2.01. The van der Waals surface area contributed by atoms with Crippen LogP contribution in [0.2, 0.25) is 0 Å². The van der Waals surface area contributed by atoms with Crippen molar-refractivity contribution < 1.29 is 13.2 Å². The van der Waals surface area contributed by atoms with E-state index in [1.807, 2.05) is 29.6 Å². The molecule has 0 atom stereocenters. The normalized spacial score (nSPS) is 11.8. The van der Waals surface area contributed by atoms with Crippen LogP contribution in [0.15, 0.2) is 53.9 Å². The van der Waals surface area contributed by atoms with E-state index in [1.54, 1.807) is 22.7 Å². The number of hydrogen-bond donors (Lipinski definition) is 0. The van der Waals surface area contributed by atoms with Gasteiger partial charge >= 0.3 is 6.18 Å². The largest absolute Gasteiger partial charge is 0.416 e. The number of benzene rings is 1. The van der Waals surface area contributed by atoms with Gasteiger partial charge in [0.15, 0.2) is 0 Å². The van der Waals surface area contributed by atoms with Gasteiger partial charge in [-0.05, 0) is 41.3 Å². The lowest BCUT2D eigenvalue weighted by Gasteiger charge is -2.06. The molecule has 2 heterocycles. The van der Waals surface area contributed by atoms with Crippen molar-refractivity contribution in [3.8, 4) is 20.2 Å². The van der Waals surface area contributed by atoms with Gasteiger partial charge in [-0.3, -0.25) is 0 Å². The third-order valence-electron chi connectivity index (χ3n) is 2.87. The molecule has 0 bridgehead atoms. The van der Waals surface area contributed by atoms with Gasteiger partial charge in [0.1, 0.15) is 0 Å². The molecule has 5 heteroatoms. The van der Waals surface area contributed by atoms with Crippen LogP contribution in [0.1, 0.15) is 5.56 Å². The van der Waals surface area contributed by atoms with E-state index in [0.717, 1.165) is 27.5 Å². The Kier molecular flexibility index (Phi) is 3.40. The predicted molar refractivity (Wildman–Crippen MR) is 78.1 cm³/mol. The van der Waals surface area contributed by atoms with Gasteiger partial charge in [-0.15, -0.1) is 22.7 Å². The molecule has 0 aliphatic rings. The first-order valence-corrected chi connectivity index (χ1v) is 7.55. The summed E-state index contributed by atoms with van der Waals surface area (Å²) in [6, 6.07) is 13.3. The second kappa shape index (κ2) is 5.07. The molecule has 2 aromatic heterocycles. The van der Waals surface area contributed by atoms with Gasteiger partial charge in [0.05, 0.1) is 5.56 Å². The highest BCUT2D eigenvalue weighted by molar-refractivity contribution is 7.23. The molecule has 0 aliphatic carbocycles. The van der Waals surface area contributed by atoms with Crippen LogP contribution < -0.4 is 0 Å². The quantitative estimate of drug-likeness (QED) is 0.531. The Morgan fingerprint density at radius 3 is 2.05 bits per heavy atom. The van der Waals surface area contributed by atoms with Gasteiger partial charge in [0, 0.05) is 14.6 Å². The van der Waals surface area contributed by atoms with Crippen molar-refractivity contribution in [1.82, 2.24) is 0 Å². The molecule has 0 saturated heterocycles. The third kappa shape index (κ3) is 2.64. The molecule has 102 valence electrons. The van der Waals surface area contributed by atoms with E-state index in [9.17, 15) is 13.2 Å². The molecule has 0 saturated carbocycles. The minimum absolute atomic E-state index is 0.615. The molecule has 0 aliphatic heterocycles. The first-order valence-electron chi connectivity index (χ1n) is 5.85. The second-order valence-corrected chi connectivity index (χ2v) is 6.25. The first-order chi connectivity index (χ1) is 9.54. The highest BCUT2D eigenvalue weighted by atomic mass is 32.1. The Morgan fingerprint density at radius 2 is 1.45 bits per heavy atom. The lowest BCUT2D eigenvalue weighted by Crippen LogP contribution is -2.03. The fraction of sp³-hybridized carbons (Fsp3) is 0.0667. The molecule has 0 spiro atoms. The molecule has 0 amide bonds. The molecule has 3 aromatic rings. The molecule has 0 fully saturated rings. The van der Waals surface area contributed by atoms with Crippen LogP contribution in [0, 0.1) is 0 Å². The van der Waals surface area contributed by atoms with E-state index < -0.39 is 11.7 Å². The zero-order valence-electron chi connectivity index (χ0n) is 10.1. The number of rotatable bonds is 2. The molecular weight excluding hydrogens is 301 g/mol. The van der Waals surface area contributed by atoms with Crippen LogP contribution in [0.3, 0.4) is 0 Å². The van der Waals surface area contributed by atoms with Crippen LogP contribution in [0.4, 0.5) is 13.2 Å². The van der Waals surface area contributed by atoms with E-state index in [0.29, 0.717) is 0 Å². The number of alkyl halides is 3. The Bertz CT molecular complexity index is 692. The van der Waals surface area contributed by atoms with Crippen molar-refractivity contribution in [2.24, 2.45) is 0 Å². The average molecular weight is 310 g/mol. The highest BCUT2D eigenvalue weighted by Crippen LogP contribution is 2.37. The van der Waals surface area contributed by atoms with Crippen molar-refractivity contribution in [3.63, 3.8) is 0 Å². The zero-order valence-corrected chi connectivity index (χ0v) is 11.8. The molecule has 20 heavy (non-hydrogen) atoms. The van der Waals surface area contributed by atoms with Gasteiger partial charge in [0.25, 0.3) is 0 Å². The van der Waals surface area contributed by atoms with Crippen LogP contribution in [-0.2, 0) is 6.18 Å². The summed E-state index contributed by atoms with van der Waals surface area (Å²) in [6.07, 6.45) is -4.28. The maximum absolute atomic E-state index is 12.5. The maximum Gasteiger partial charge on any atom is 0.416 e.